The first-order valence-corrected chi connectivity index (χ1v) is 9.46. The molecule has 1 aliphatic heterocycles. The maximum absolute atomic E-state index is 5.69. The number of rotatable bonds is 8. The van der Waals surface area contributed by atoms with Gasteiger partial charge in [0.25, 0.3) is 0 Å². The summed E-state index contributed by atoms with van der Waals surface area (Å²) in [7, 11) is 3.88. The maximum atomic E-state index is 5.69. The molecular formula is C19H26N2O2S. The molecule has 0 N–H and O–H groups in total. The summed E-state index contributed by atoms with van der Waals surface area (Å²) in [6.07, 6.45) is 7.33. The van der Waals surface area contributed by atoms with Crippen LogP contribution in [0.2, 0.25) is 0 Å². The van der Waals surface area contributed by atoms with Crippen LogP contribution in [0.3, 0.4) is 0 Å². The zero-order chi connectivity index (χ0) is 16.8. The zero-order valence-corrected chi connectivity index (χ0v) is 15.3. The third-order valence-corrected chi connectivity index (χ3v) is 5.42. The van der Waals surface area contributed by atoms with Gasteiger partial charge in [0, 0.05) is 24.2 Å². The average molecular weight is 346 g/mol. The molecule has 0 amide bonds. The number of hydrogen-bond donors (Lipinski definition) is 0. The van der Waals surface area contributed by atoms with Gasteiger partial charge in [-0.3, -0.25) is 0 Å². The molecule has 1 saturated heterocycles. The van der Waals surface area contributed by atoms with Gasteiger partial charge in [-0.2, -0.15) is 0 Å². The molecule has 2 heterocycles. The lowest BCUT2D eigenvalue weighted by atomic mass is 10.1. The Balaban J connectivity index is 1.51. The van der Waals surface area contributed by atoms with Crippen molar-refractivity contribution in [3.63, 3.8) is 0 Å². The van der Waals surface area contributed by atoms with Crippen LogP contribution in [-0.2, 0) is 11.3 Å². The van der Waals surface area contributed by atoms with Crippen molar-refractivity contribution in [1.29, 1.82) is 0 Å². The molecule has 4 nitrogen and oxygen atoms in total. The van der Waals surface area contributed by atoms with Gasteiger partial charge < -0.3 is 14.4 Å². The van der Waals surface area contributed by atoms with Gasteiger partial charge in [0.2, 0.25) is 0 Å². The van der Waals surface area contributed by atoms with Crippen molar-refractivity contribution >= 4 is 11.3 Å². The fourth-order valence-corrected chi connectivity index (χ4v) is 4.16. The minimum Gasteiger partial charge on any atom is -0.496 e. The monoisotopic (exact) mass is 346 g/mol. The lowest BCUT2D eigenvalue weighted by molar-refractivity contribution is 0.0995. The van der Waals surface area contributed by atoms with Gasteiger partial charge in [-0.15, -0.1) is 11.3 Å². The molecule has 5 heteroatoms. The maximum Gasteiger partial charge on any atom is 0.129 e. The van der Waals surface area contributed by atoms with E-state index in [1.165, 1.54) is 30.6 Å². The predicted octanol–water partition coefficient (Wildman–Crippen LogP) is 4.21. The van der Waals surface area contributed by atoms with Crippen LogP contribution in [0.4, 0.5) is 0 Å². The Kier molecular flexibility index (Phi) is 6.24. The Morgan fingerprint density at radius 1 is 1.38 bits per heavy atom. The largest absolute Gasteiger partial charge is 0.496 e. The van der Waals surface area contributed by atoms with Gasteiger partial charge in [-0.1, -0.05) is 12.1 Å². The number of methoxy groups -OCH3 is 1. The van der Waals surface area contributed by atoms with Crippen LogP contribution in [0.1, 0.15) is 30.6 Å². The summed E-state index contributed by atoms with van der Waals surface area (Å²) in [6, 6.07) is 8.05. The molecule has 1 aromatic heterocycles. The highest BCUT2D eigenvalue weighted by Gasteiger charge is 2.15. The fourth-order valence-electron chi connectivity index (χ4n) is 3.13. The quantitative estimate of drug-likeness (QED) is 0.717. The Hall–Kier alpha value is -1.43. The minimum absolute atomic E-state index is 0.499. The van der Waals surface area contributed by atoms with Crippen LogP contribution in [0.15, 0.2) is 30.5 Å². The predicted molar refractivity (Wildman–Crippen MR) is 98.6 cm³/mol. The van der Waals surface area contributed by atoms with Crippen molar-refractivity contribution in [2.75, 3.05) is 27.3 Å². The standard InChI is InChI=1S/C19H26N2O2S/c1-21(11-5-7-15-8-6-12-23-15)14-16-13-20-19(24-16)17-9-3-4-10-18(17)22-2/h3-4,9-10,13,15H,5-8,11-12,14H2,1-2H3/t15-/m0/s1. The van der Waals surface area contributed by atoms with Gasteiger partial charge in [0.15, 0.2) is 0 Å². The van der Waals surface area contributed by atoms with Crippen molar-refractivity contribution in [3.8, 4) is 16.3 Å². The molecule has 0 aliphatic carbocycles. The average Bonchev–Trinajstić information content (AvgIpc) is 3.27. The van der Waals surface area contributed by atoms with Crippen molar-refractivity contribution in [2.45, 2.75) is 38.3 Å². The van der Waals surface area contributed by atoms with E-state index in [0.29, 0.717) is 6.10 Å². The summed E-state index contributed by atoms with van der Waals surface area (Å²) in [4.78, 5) is 8.24. The first-order chi connectivity index (χ1) is 11.8. The number of hydrogen-bond acceptors (Lipinski definition) is 5. The molecule has 0 saturated carbocycles. The van der Waals surface area contributed by atoms with Gasteiger partial charge in [-0.05, 0) is 51.4 Å². The SMILES string of the molecule is COc1ccccc1-c1ncc(CN(C)CCC[C@H]2CCCO2)s1. The summed E-state index contributed by atoms with van der Waals surface area (Å²) >= 11 is 1.75. The Labute approximate surface area is 148 Å². The summed E-state index contributed by atoms with van der Waals surface area (Å²) < 4.78 is 11.1. The van der Waals surface area contributed by atoms with E-state index in [1.807, 2.05) is 24.4 Å². The molecule has 130 valence electrons. The minimum atomic E-state index is 0.499. The van der Waals surface area contributed by atoms with Crippen LogP contribution in [0.5, 0.6) is 5.75 Å². The molecule has 3 rings (SSSR count). The van der Waals surface area contributed by atoms with Crippen molar-refractivity contribution < 1.29 is 9.47 Å². The highest BCUT2D eigenvalue weighted by molar-refractivity contribution is 7.15. The van der Waals surface area contributed by atoms with E-state index >= 15 is 0 Å². The van der Waals surface area contributed by atoms with Crippen LogP contribution < -0.4 is 4.74 Å². The smallest absolute Gasteiger partial charge is 0.129 e. The van der Waals surface area contributed by atoms with E-state index < -0.39 is 0 Å². The topological polar surface area (TPSA) is 34.6 Å². The Morgan fingerprint density at radius 2 is 2.25 bits per heavy atom. The highest BCUT2D eigenvalue weighted by Crippen LogP contribution is 2.32. The number of benzene rings is 1. The van der Waals surface area contributed by atoms with Gasteiger partial charge in [0.05, 0.1) is 18.8 Å². The second-order valence-corrected chi connectivity index (χ2v) is 7.46. The highest BCUT2D eigenvalue weighted by atomic mass is 32.1. The number of aromatic nitrogens is 1. The van der Waals surface area contributed by atoms with E-state index in [2.05, 4.69) is 23.0 Å². The third-order valence-electron chi connectivity index (χ3n) is 4.41. The summed E-state index contributed by atoms with van der Waals surface area (Å²) in [5.74, 6) is 0.878. The van der Waals surface area contributed by atoms with Crippen LogP contribution in [0.25, 0.3) is 10.6 Å². The molecule has 24 heavy (non-hydrogen) atoms. The molecule has 0 bridgehead atoms. The van der Waals surface area contributed by atoms with Gasteiger partial charge in [-0.25, -0.2) is 4.98 Å². The molecule has 0 spiro atoms. The second kappa shape index (κ2) is 8.60. The Bertz CT molecular complexity index is 638. The molecular weight excluding hydrogens is 320 g/mol. The molecule has 1 aliphatic rings. The number of para-hydroxylation sites is 1. The summed E-state index contributed by atoms with van der Waals surface area (Å²) in [5.41, 5.74) is 1.07. The summed E-state index contributed by atoms with van der Waals surface area (Å²) in [6.45, 7) is 2.99. The number of ether oxygens (including phenoxy) is 2. The molecule has 0 unspecified atom stereocenters. The van der Waals surface area contributed by atoms with E-state index in [0.717, 1.165) is 36.0 Å². The molecule has 1 fully saturated rings. The molecule has 1 atom stereocenters. The number of nitrogens with zero attached hydrogens (tertiary/aromatic N) is 2. The first kappa shape index (κ1) is 17.4. The van der Waals surface area contributed by atoms with Crippen molar-refractivity contribution in [1.82, 2.24) is 9.88 Å². The molecule has 0 radical (unpaired) electrons. The molecule has 2 aromatic rings. The van der Waals surface area contributed by atoms with Crippen LogP contribution in [-0.4, -0.2) is 43.3 Å². The normalized spacial score (nSPS) is 17.5. The third kappa shape index (κ3) is 4.56. The van der Waals surface area contributed by atoms with Crippen LogP contribution >= 0.6 is 11.3 Å². The van der Waals surface area contributed by atoms with Gasteiger partial charge in [0.1, 0.15) is 10.8 Å². The second-order valence-electron chi connectivity index (χ2n) is 6.35. The zero-order valence-electron chi connectivity index (χ0n) is 14.5. The Morgan fingerprint density at radius 3 is 3.04 bits per heavy atom. The van der Waals surface area contributed by atoms with E-state index in [-0.39, 0.29) is 0 Å². The lowest BCUT2D eigenvalue weighted by Crippen LogP contribution is -2.20. The van der Waals surface area contributed by atoms with Gasteiger partial charge >= 0.3 is 0 Å². The van der Waals surface area contributed by atoms with Crippen molar-refractivity contribution in [3.05, 3.63) is 35.3 Å². The first-order valence-electron chi connectivity index (χ1n) is 8.64. The van der Waals surface area contributed by atoms with E-state index in [1.54, 1.807) is 18.4 Å². The fraction of sp³-hybridized carbons (Fsp3) is 0.526. The summed E-state index contributed by atoms with van der Waals surface area (Å²) in [5, 5.41) is 1.02. The molecule has 1 aromatic carbocycles. The number of thiazole rings is 1. The van der Waals surface area contributed by atoms with Crippen LogP contribution in [0, 0.1) is 0 Å². The van der Waals surface area contributed by atoms with E-state index in [9.17, 15) is 0 Å². The van der Waals surface area contributed by atoms with E-state index in [4.69, 9.17) is 9.47 Å². The lowest BCUT2D eigenvalue weighted by Gasteiger charge is -2.16. The van der Waals surface area contributed by atoms with Crippen molar-refractivity contribution in [2.24, 2.45) is 0 Å².